The number of rotatable bonds is 4. The first-order valence-electron chi connectivity index (χ1n) is 6.21. The van der Waals surface area contributed by atoms with Crippen LogP contribution in [0.5, 0.6) is 5.75 Å². The summed E-state index contributed by atoms with van der Waals surface area (Å²) in [5.41, 5.74) is 1.16. The van der Waals surface area contributed by atoms with Crippen LogP contribution in [-0.4, -0.2) is 17.1 Å². The van der Waals surface area contributed by atoms with E-state index in [2.05, 4.69) is 15.3 Å². The minimum atomic E-state index is -0.202. The Labute approximate surface area is 122 Å². The molecule has 2 N–H and O–H groups in total. The van der Waals surface area contributed by atoms with Gasteiger partial charge in [0.15, 0.2) is 0 Å². The lowest BCUT2D eigenvalue weighted by molar-refractivity contribution is 0.417. The molecule has 0 spiro atoms. The highest BCUT2D eigenvalue weighted by Crippen LogP contribution is 2.29. The molecule has 0 saturated carbocycles. The van der Waals surface area contributed by atoms with E-state index >= 15 is 0 Å². The van der Waals surface area contributed by atoms with E-state index < -0.39 is 0 Å². The van der Waals surface area contributed by atoms with E-state index in [4.69, 9.17) is 16.3 Å². The summed E-state index contributed by atoms with van der Waals surface area (Å²) in [6, 6.07) is 6.68. The zero-order valence-electron chi connectivity index (χ0n) is 11.5. The number of hydrogen-bond donors (Lipinski definition) is 2. The Morgan fingerprint density at radius 1 is 1.35 bits per heavy atom. The van der Waals surface area contributed by atoms with Gasteiger partial charge in [-0.15, -0.1) is 0 Å². The van der Waals surface area contributed by atoms with Gasteiger partial charge in [0.25, 0.3) is 5.56 Å². The highest BCUT2D eigenvalue weighted by atomic mass is 35.5. The van der Waals surface area contributed by atoms with Gasteiger partial charge in [-0.05, 0) is 24.1 Å². The quantitative estimate of drug-likeness (QED) is 0.907. The molecule has 2 aromatic rings. The molecule has 0 aliphatic rings. The van der Waals surface area contributed by atoms with Crippen molar-refractivity contribution in [3.63, 3.8) is 0 Å². The number of aromatic amines is 1. The lowest BCUT2D eigenvalue weighted by Crippen LogP contribution is -2.13. The van der Waals surface area contributed by atoms with Crippen LogP contribution in [0.3, 0.4) is 0 Å². The molecule has 0 amide bonds. The topological polar surface area (TPSA) is 67.0 Å². The number of nitrogens with one attached hydrogen (secondary N) is 2. The highest BCUT2D eigenvalue weighted by molar-refractivity contribution is 6.30. The number of anilines is 2. The maximum atomic E-state index is 11.6. The Bertz CT molecular complexity index is 668. The molecule has 1 aromatic heterocycles. The first-order chi connectivity index (χ1) is 9.49. The number of nitrogens with zero attached hydrogens (tertiary/aromatic N) is 1. The molecule has 0 aliphatic carbocycles. The van der Waals surface area contributed by atoms with Crippen molar-refractivity contribution in [3.8, 4) is 5.75 Å². The van der Waals surface area contributed by atoms with Crippen molar-refractivity contribution in [2.24, 2.45) is 0 Å². The third-order valence-electron chi connectivity index (χ3n) is 2.77. The van der Waals surface area contributed by atoms with Crippen LogP contribution in [0.2, 0.25) is 5.02 Å². The second-order valence-electron chi connectivity index (χ2n) is 4.64. The van der Waals surface area contributed by atoms with Gasteiger partial charge in [-0.3, -0.25) is 9.78 Å². The number of benzene rings is 1. The summed E-state index contributed by atoms with van der Waals surface area (Å²) >= 11 is 5.97. The van der Waals surface area contributed by atoms with Crippen molar-refractivity contribution < 1.29 is 4.74 Å². The van der Waals surface area contributed by atoms with Crippen molar-refractivity contribution in [3.05, 3.63) is 45.3 Å². The van der Waals surface area contributed by atoms with Crippen LogP contribution in [0.25, 0.3) is 0 Å². The summed E-state index contributed by atoms with van der Waals surface area (Å²) < 4.78 is 5.24. The standard InChI is InChI=1S/C14H16ClN3O2/c1-8(2)10-7-13(19)18-14(16-10)17-11-6-9(15)4-5-12(11)20-3/h4-8H,1-3H3,(H2,16,17,18,19). The largest absolute Gasteiger partial charge is 0.495 e. The van der Waals surface area contributed by atoms with E-state index in [9.17, 15) is 4.79 Å². The third-order valence-corrected chi connectivity index (χ3v) is 3.00. The van der Waals surface area contributed by atoms with E-state index in [-0.39, 0.29) is 11.5 Å². The molecule has 1 heterocycles. The van der Waals surface area contributed by atoms with Gasteiger partial charge in [-0.2, -0.15) is 0 Å². The second-order valence-corrected chi connectivity index (χ2v) is 5.08. The predicted molar refractivity (Wildman–Crippen MR) is 80.2 cm³/mol. The molecular weight excluding hydrogens is 278 g/mol. The number of halogens is 1. The number of methoxy groups -OCH3 is 1. The maximum Gasteiger partial charge on any atom is 0.252 e. The van der Waals surface area contributed by atoms with Crippen LogP contribution < -0.4 is 15.6 Å². The molecule has 0 aliphatic heterocycles. The maximum absolute atomic E-state index is 11.6. The zero-order valence-corrected chi connectivity index (χ0v) is 12.3. The predicted octanol–water partition coefficient (Wildman–Crippen LogP) is 3.30. The molecule has 0 radical (unpaired) electrons. The first kappa shape index (κ1) is 14.4. The summed E-state index contributed by atoms with van der Waals surface area (Å²) in [6.07, 6.45) is 0. The highest BCUT2D eigenvalue weighted by Gasteiger charge is 2.08. The van der Waals surface area contributed by atoms with Crippen molar-refractivity contribution in [2.75, 3.05) is 12.4 Å². The van der Waals surface area contributed by atoms with Crippen molar-refractivity contribution >= 4 is 23.2 Å². The Morgan fingerprint density at radius 2 is 2.10 bits per heavy atom. The van der Waals surface area contributed by atoms with Crippen LogP contribution in [0.4, 0.5) is 11.6 Å². The summed E-state index contributed by atoms with van der Waals surface area (Å²) in [5, 5.41) is 3.59. The molecule has 0 atom stereocenters. The zero-order chi connectivity index (χ0) is 14.7. The van der Waals surface area contributed by atoms with E-state index in [1.165, 1.54) is 6.07 Å². The normalized spacial score (nSPS) is 10.7. The van der Waals surface area contributed by atoms with E-state index in [1.54, 1.807) is 25.3 Å². The average Bonchev–Trinajstić information content (AvgIpc) is 2.38. The van der Waals surface area contributed by atoms with Crippen molar-refractivity contribution in [1.82, 2.24) is 9.97 Å². The van der Waals surface area contributed by atoms with Crippen LogP contribution in [-0.2, 0) is 0 Å². The Balaban J connectivity index is 2.39. The number of ether oxygens (including phenoxy) is 1. The van der Waals surface area contributed by atoms with Gasteiger partial charge in [0, 0.05) is 11.1 Å². The number of H-pyrrole nitrogens is 1. The third kappa shape index (κ3) is 3.30. The molecule has 20 heavy (non-hydrogen) atoms. The molecule has 106 valence electrons. The van der Waals surface area contributed by atoms with Gasteiger partial charge >= 0.3 is 0 Å². The molecule has 0 saturated heterocycles. The monoisotopic (exact) mass is 293 g/mol. The molecule has 1 aromatic carbocycles. The summed E-state index contributed by atoms with van der Waals surface area (Å²) in [6.45, 7) is 3.96. The summed E-state index contributed by atoms with van der Waals surface area (Å²) in [7, 11) is 1.56. The van der Waals surface area contributed by atoms with Gasteiger partial charge in [-0.1, -0.05) is 25.4 Å². The SMILES string of the molecule is COc1ccc(Cl)cc1Nc1nc(C(C)C)cc(=O)[nH]1. The molecule has 0 bridgehead atoms. The van der Waals surface area contributed by atoms with Crippen LogP contribution in [0.15, 0.2) is 29.1 Å². The smallest absolute Gasteiger partial charge is 0.252 e. The van der Waals surface area contributed by atoms with Crippen LogP contribution in [0, 0.1) is 0 Å². The molecular formula is C14H16ClN3O2. The Hall–Kier alpha value is -2.01. The summed E-state index contributed by atoms with van der Waals surface area (Å²) in [4.78, 5) is 18.6. The number of hydrogen-bond acceptors (Lipinski definition) is 4. The molecule has 6 heteroatoms. The lowest BCUT2D eigenvalue weighted by Gasteiger charge is -2.12. The van der Waals surface area contributed by atoms with E-state index in [0.717, 1.165) is 5.69 Å². The molecule has 0 fully saturated rings. The second kappa shape index (κ2) is 5.96. The van der Waals surface area contributed by atoms with E-state index in [1.807, 2.05) is 13.8 Å². The molecule has 2 rings (SSSR count). The Kier molecular flexibility index (Phi) is 4.29. The van der Waals surface area contributed by atoms with Gasteiger partial charge in [0.2, 0.25) is 5.95 Å². The minimum Gasteiger partial charge on any atom is -0.495 e. The lowest BCUT2D eigenvalue weighted by atomic mass is 10.1. The van der Waals surface area contributed by atoms with Gasteiger partial charge in [-0.25, -0.2) is 4.98 Å². The summed E-state index contributed by atoms with van der Waals surface area (Å²) in [5.74, 6) is 1.15. The molecule has 0 unspecified atom stereocenters. The van der Waals surface area contributed by atoms with Gasteiger partial charge < -0.3 is 10.1 Å². The first-order valence-corrected chi connectivity index (χ1v) is 6.59. The minimum absolute atomic E-state index is 0.166. The fourth-order valence-corrected chi connectivity index (χ4v) is 1.91. The van der Waals surface area contributed by atoms with Crippen LogP contribution >= 0.6 is 11.6 Å². The van der Waals surface area contributed by atoms with Gasteiger partial charge in [0.05, 0.1) is 18.5 Å². The van der Waals surface area contributed by atoms with Crippen LogP contribution in [0.1, 0.15) is 25.5 Å². The number of aromatic nitrogens is 2. The van der Waals surface area contributed by atoms with Crippen molar-refractivity contribution in [2.45, 2.75) is 19.8 Å². The molecule has 5 nitrogen and oxygen atoms in total. The van der Waals surface area contributed by atoms with Crippen molar-refractivity contribution in [1.29, 1.82) is 0 Å². The van der Waals surface area contributed by atoms with Gasteiger partial charge in [0.1, 0.15) is 5.75 Å². The van der Waals surface area contributed by atoms with E-state index in [0.29, 0.717) is 22.4 Å². The fraction of sp³-hybridized carbons (Fsp3) is 0.286. The Morgan fingerprint density at radius 3 is 2.75 bits per heavy atom. The fourth-order valence-electron chi connectivity index (χ4n) is 1.74. The average molecular weight is 294 g/mol.